The van der Waals surface area contributed by atoms with Crippen molar-refractivity contribution in [3.8, 4) is 5.88 Å². The van der Waals surface area contributed by atoms with Crippen molar-refractivity contribution in [1.29, 1.82) is 0 Å². The number of nitrogens with two attached hydrogens (primary N) is 1. The molecule has 0 bridgehead atoms. The molecule has 3 N–H and O–H groups in total. The molecule has 0 aliphatic rings. The molecule has 1 rings (SSSR count). The van der Waals surface area contributed by atoms with Crippen molar-refractivity contribution in [3.05, 3.63) is 11.8 Å². The molecular weight excluding hydrogens is 240 g/mol. The summed E-state index contributed by atoms with van der Waals surface area (Å²) in [6, 6.07) is 1.95. The Morgan fingerprint density at radius 2 is 1.95 bits per heavy atom. The number of aromatic nitrogens is 2. The topological polar surface area (TPSA) is 73.1 Å². The van der Waals surface area contributed by atoms with Crippen LogP contribution in [-0.4, -0.2) is 29.2 Å². The minimum Gasteiger partial charge on any atom is -0.478 e. The first kappa shape index (κ1) is 15.7. The van der Waals surface area contributed by atoms with E-state index in [2.05, 4.69) is 29.1 Å². The zero-order valence-corrected chi connectivity index (χ0v) is 12.4. The first-order valence-electron chi connectivity index (χ1n) is 7.08. The lowest BCUT2D eigenvalue weighted by Crippen LogP contribution is -2.36. The Bertz CT molecular complexity index is 380. The Kier molecular flexibility index (Phi) is 6.56. The van der Waals surface area contributed by atoms with Gasteiger partial charge in [0.15, 0.2) is 0 Å². The molecule has 1 atom stereocenters. The van der Waals surface area contributed by atoms with Crippen LogP contribution in [0.1, 0.15) is 39.3 Å². The highest BCUT2D eigenvalue weighted by molar-refractivity contribution is 5.30. The van der Waals surface area contributed by atoms with Crippen LogP contribution in [0.15, 0.2) is 6.07 Å². The van der Waals surface area contributed by atoms with Crippen LogP contribution in [0.4, 0.5) is 5.95 Å². The van der Waals surface area contributed by atoms with E-state index in [-0.39, 0.29) is 6.04 Å². The van der Waals surface area contributed by atoms with Crippen molar-refractivity contribution in [2.45, 2.75) is 46.6 Å². The van der Waals surface area contributed by atoms with Gasteiger partial charge in [-0.15, -0.1) is 0 Å². The molecule has 5 heteroatoms. The van der Waals surface area contributed by atoms with Crippen molar-refractivity contribution in [2.24, 2.45) is 11.7 Å². The molecule has 0 aliphatic heterocycles. The molecule has 0 aromatic carbocycles. The average Bonchev–Trinajstić information content (AvgIpc) is 2.37. The predicted molar refractivity (Wildman–Crippen MR) is 78.5 cm³/mol. The summed E-state index contributed by atoms with van der Waals surface area (Å²) in [5, 5.41) is 3.21. The Balaban J connectivity index is 2.61. The molecule has 108 valence electrons. The zero-order valence-electron chi connectivity index (χ0n) is 12.4. The molecule has 0 saturated heterocycles. The summed E-state index contributed by atoms with van der Waals surface area (Å²) in [6.45, 7) is 9.49. The van der Waals surface area contributed by atoms with Crippen LogP contribution in [-0.2, 0) is 0 Å². The van der Waals surface area contributed by atoms with E-state index in [9.17, 15) is 0 Å². The standard InChI is InChI=1S/C14H26N4O/c1-5-11(6-2)12(15)9-16-14-17-10(4)8-13(18-14)19-7-3/h8,11-12H,5-7,9,15H2,1-4H3,(H,16,17,18). The third-order valence-corrected chi connectivity index (χ3v) is 3.27. The number of anilines is 1. The van der Waals surface area contributed by atoms with Gasteiger partial charge in [-0.1, -0.05) is 26.7 Å². The number of nitrogens with one attached hydrogen (secondary N) is 1. The molecule has 1 aromatic rings. The van der Waals surface area contributed by atoms with Gasteiger partial charge in [-0.05, 0) is 19.8 Å². The van der Waals surface area contributed by atoms with Crippen LogP contribution >= 0.6 is 0 Å². The van der Waals surface area contributed by atoms with Crippen LogP contribution in [0.25, 0.3) is 0 Å². The molecule has 19 heavy (non-hydrogen) atoms. The lowest BCUT2D eigenvalue weighted by molar-refractivity contribution is 0.326. The van der Waals surface area contributed by atoms with Crippen molar-refractivity contribution >= 4 is 5.95 Å². The fraction of sp³-hybridized carbons (Fsp3) is 0.714. The Morgan fingerprint density at radius 1 is 1.26 bits per heavy atom. The first-order chi connectivity index (χ1) is 9.10. The van der Waals surface area contributed by atoms with E-state index in [1.807, 2.05) is 19.9 Å². The maximum absolute atomic E-state index is 6.17. The van der Waals surface area contributed by atoms with Crippen LogP contribution in [0.2, 0.25) is 0 Å². The number of ether oxygens (including phenoxy) is 1. The SMILES string of the molecule is CCOc1cc(C)nc(NCC(N)C(CC)CC)n1. The van der Waals surface area contributed by atoms with E-state index >= 15 is 0 Å². The van der Waals surface area contributed by atoms with E-state index in [1.165, 1.54) is 0 Å². The second-order valence-electron chi connectivity index (χ2n) is 4.73. The monoisotopic (exact) mass is 266 g/mol. The molecule has 0 aliphatic carbocycles. The lowest BCUT2D eigenvalue weighted by Gasteiger charge is -2.21. The largest absolute Gasteiger partial charge is 0.478 e. The van der Waals surface area contributed by atoms with Gasteiger partial charge in [0.05, 0.1) is 6.61 Å². The van der Waals surface area contributed by atoms with Gasteiger partial charge in [-0.25, -0.2) is 4.98 Å². The van der Waals surface area contributed by atoms with E-state index in [1.54, 1.807) is 0 Å². The Morgan fingerprint density at radius 3 is 2.53 bits per heavy atom. The molecule has 1 unspecified atom stereocenters. The number of nitrogens with zero attached hydrogens (tertiary/aromatic N) is 2. The van der Waals surface area contributed by atoms with E-state index in [4.69, 9.17) is 10.5 Å². The Hall–Kier alpha value is -1.36. The normalized spacial score (nSPS) is 12.5. The number of hydrogen-bond acceptors (Lipinski definition) is 5. The minimum absolute atomic E-state index is 0.120. The predicted octanol–water partition coefficient (Wildman–Crippen LogP) is 2.36. The number of hydrogen-bond donors (Lipinski definition) is 2. The first-order valence-corrected chi connectivity index (χ1v) is 7.08. The lowest BCUT2D eigenvalue weighted by atomic mass is 9.95. The van der Waals surface area contributed by atoms with Gasteiger partial charge in [0.1, 0.15) is 0 Å². The summed E-state index contributed by atoms with van der Waals surface area (Å²) in [6.07, 6.45) is 2.19. The van der Waals surface area contributed by atoms with Gasteiger partial charge in [0, 0.05) is 24.3 Å². The summed E-state index contributed by atoms with van der Waals surface area (Å²) >= 11 is 0. The molecule has 1 heterocycles. The number of aryl methyl sites for hydroxylation is 1. The van der Waals surface area contributed by atoms with Crippen LogP contribution < -0.4 is 15.8 Å². The van der Waals surface area contributed by atoms with Crippen LogP contribution in [0, 0.1) is 12.8 Å². The highest BCUT2D eigenvalue weighted by atomic mass is 16.5. The van der Waals surface area contributed by atoms with Gasteiger partial charge in [-0.3, -0.25) is 0 Å². The van der Waals surface area contributed by atoms with Gasteiger partial charge in [0.2, 0.25) is 11.8 Å². The summed E-state index contributed by atoms with van der Waals surface area (Å²) in [4.78, 5) is 8.65. The molecular formula is C14H26N4O. The maximum Gasteiger partial charge on any atom is 0.226 e. The van der Waals surface area contributed by atoms with Crippen molar-refractivity contribution < 1.29 is 4.74 Å². The fourth-order valence-corrected chi connectivity index (χ4v) is 2.11. The quantitative estimate of drug-likeness (QED) is 0.755. The van der Waals surface area contributed by atoms with E-state index in [0.717, 1.165) is 18.5 Å². The second-order valence-corrected chi connectivity index (χ2v) is 4.73. The summed E-state index contributed by atoms with van der Waals surface area (Å²) in [5.74, 6) is 1.72. The molecule has 0 amide bonds. The molecule has 5 nitrogen and oxygen atoms in total. The van der Waals surface area contributed by atoms with Gasteiger partial charge < -0.3 is 15.8 Å². The molecule has 0 radical (unpaired) electrons. The van der Waals surface area contributed by atoms with Gasteiger partial charge in [0.25, 0.3) is 0 Å². The molecule has 0 saturated carbocycles. The van der Waals surface area contributed by atoms with Gasteiger partial charge in [-0.2, -0.15) is 4.98 Å². The summed E-state index contributed by atoms with van der Waals surface area (Å²) in [5.41, 5.74) is 7.06. The molecule has 0 spiro atoms. The molecule has 1 aromatic heterocycles. The number of rotatable bonds is 8. The highest BCUT2D eigenvalue weighted by Gasteiger charge is 2.14. The van der Waals surface area contributed by atoms with Crippen molar-refractivity contribution in [3.63, 3.8) is 0 Å². The smallest absolute Gasteiger partial charge is 0.226 e. The second kappa shape index (κ2) is 7.94. The zero-order chi connectivity index (χ0) is 14.3. The van der Waals surface area contributed by atoms with E-state index in [0.29, 0.717) is 30.9 Å². The molecule has 0 fully saturated rings. The maximum atomic E-state index is 6.17. The third-order valence-electron chi connectivity index (χ3n) is 3.27. The summed E-state index contributed by atoms with van der Waals surface area (Å²) < 4.78 is 5.40. The Labute approximate surface area is 116 Å². The fourth-order valence-electron chi connectivity index (χ4n) is 2.11. The van der Waals surface area contributed by atoms with Crippen LogP contribution in [0.5, 0.6) is 5.88 Å². The minimum atomic E-state index is 0.120. The summed E-state index contributed by atoms with van der Waals surface area (Å²) in [7, 11) is 0. The van der Waals surface area contributed by atoms with Gasteiger partial charge >= 0.3 is 0 Å². The average molecular weight is 266 g/mol. The van der Waals surface area contributed by atoms with Crippen LogP contribution in [0.3, 0.4) is 0 Å². The third kappa shape index (κ3) is 5.03. The highest BCUT2D eigenvalue weighted by Crippen LogP contribution is 2.14. The van der Waals surface area contributed by atoms with E-state index < -0.39 is 0 Å². The van der Waals surface area contributed by atoms with Crippen molar-refractivity contribution in [2.75, 3.05) is 18.5 Å². The van der Waals surface area contributed by atoms with Crippen molar-refractivity contribution in [1.82, 2.24) is 9.97 Å².